The monoisotopic (exact) mass is 402 g/mol. The van der Waals surface area contributed by atoms with Crippen molar-refractivity contribution in [2.45, 2.75) is 70.8 Å². The van der Waals surface area contributed by atoms with Crippen LogP contribution >= 0.6 is 0 Å². The molecule has 0 unspecified atom stereocenters. The predicted octanol–water partition coefficient (Wildman–Crippen LogP) is 8.47. The Hall–Kier alpha value is -2.12. The molecule has 30 heavy (non-hydrogen) atoms. The molecular formula is C29H38O. The van der Waals surface area contributed by atoms with Crippen molar-refractivity contribution >= 4 is 0 Å². The van der Waals surface area contributed by atoms with E-state index in [4.69, 9.17) is 4.74 Å². The van der Waals surface area contributed by atoms with Gasteiger partial charge in [0.1, 0.15) is 0 Å². The second-order valence-electron chi connectivity index (χ2n) is 8.67. The van der Waals surface area contributed by atoms with Crippen LogP contribution in [0.4, 0.5) is 0 Å². The summed E-state index contributed by atoms with van der Waals surface area (Å²) < 4.78 is 5.73. The predicted molar refractivity (Wildman–Crippen MR) is 130 cm³/mol. The maximum atomic E-state index is 5.73. The molecule has 1 nitrogen and oxygen atoms in total. The van der Waals surface area contributed by atoms with Crippen molar-refractivity contribution in [1.29, 1.82) is 0 Å². The number of allylic oxidation sites excluding steroid dienone is 2. The Balaban J connectivity index is 1.48. The zero-order chi connectivity index (χ0) is 21.0. The fourth-order valence-corrected chi connectivity index (χ4v) is 4.58. The van der Waals surface area contributed by atoms with Crippen molar-refractivity contribution in [2.24, 2.45) is 5.92 Å². The minimum Gasteiger partial charge on any atom is -0.376 e. The molecular weight excluding hydrogens is 364 g/mol. The van der Waals surface area contributed by atoms with Gasteiger partial charge in [0.2, 0.25) is 0 Å². The highest BCUT2D eigenvalue weighted by atomic mass is 16.5. The zero-order valence-corrected chi connectivity index (χ0v) is 18.7. The summed E-state index contributed by atoms with van der Waals surface area (Å²) in [6.45, 7) is 7.36. The van der Waals surface area contributed by atoms with E-state index in [1.54, 1.807) is 0 Å². The van der Waals surface area contributed by atoms with Crippen LogP contribution in [0.15, 0.2) is 73.3 Å². The van der Waals surface area contributed by atoms with E-state index in [1.165, 1.54) is 67.2 Å². The molecule has 0 amide bonds. The second-order valence-corrected chi connectivity index (χ2v) is 8.67. The number of unbranched alkanes of at least 4 members (excludes halogenated alkanes) is 1. The maximum Gasteiger partial charge on any atom is 0.0717 e. The Labute approximate surface area is 183 Å². The van der Waals surface area contributed by atoms with Crippen LogP contribution in [0.5, 0.6) is 0 Å². The Bertz CT molecular complexity index is 761. The fraction of sp³-hybridized carbons (Fsp3) is 0.448. The summed E-state index contributed by atoms with van der Waals surface area (Å²) in [6.07, 6.45) is 16.6. The molecule has 2 aromatic rings. The summed E-state index contributed by atoms with van der Waals surface area (Å²) in [5.41, 5.74) is 5.35. The van der Waals surface area contributed by atoms with Gasteiger partial charge in [0, 0.05) is 0 Å². The Kier molecular flexibility index (Phi) is 9.44. The minimum absolute atomic E-state index is 0.688. The molecule has 0 saturated heterocycles. The molecule has 0 radical (unpaired) electrons. The van der Waals surface area contributed by atoms with Crippen LogP contribution in [0.2, 0.25) is 0 Å². The van der Waals surface area contributed by atoms with Crippen LogP contribution in [0.3, 0.4) is 0 Å². The van der Waals surface area contributed by atoms with Crippen LogP contribution < -0.4 is 0 Å². The van der Waals surface area contributed by atoms with E-state index >= 15 is 0 Å². The van der Waals surface area contributed by atoms with Gasteiger partial charge in [-0.25, -0.2) is 0 Å². The van der Waals surface area contributed by atoms with Gasteiger partial charge in [-0.3, -0.25) is 0 Å². The first-order valence-corrected chi connectivity index (χ1v) is 11.8. The molecule has 0 heterocycles. The Morgan fingerprint density at radius 2 is 1.57 bits per heavy atom. The summed E-state index contributed by atoms with van der Waals surface area (Å²) >= 11 is 0. The highest BCUT2D eigenvalue weighted by molar-refractivity contribution is 5.64. The zero-order valence-electron chi connectivity index (χ0n) is 18.7. The van der Waals surface area contributed by atoms with Crippen LogP contribution in [0, 0.1) is 5.92 Å². The average molecular weight is 403 g/mol. The standard InChI is InChI=1S/C29H38O/c1-3-5-7-9-24-10-14-26(15-11-24)28-18-20-29(21-19-28)27-16-12-25(13-17-27)23-30-22-8-6-4-2/h3-4,6,12-13,16-21,24,26H,1,5,7-11,14-15,22-23H2,2H3/t24-,26-. The van der Waals surface area contributed by atoms with Crippen molar-refractivity contribution in [3.05, 3.63) is 84.5 Å². The number of benzene rings is 2. The van der Waals surface area contributed by atoms with Crippen molar-refractivity contribution in [3.8, 4) is 11.1 Å². The summed E-state index contributed by atoms with van der Waals surface area (Å²) in [4.78, 5) is 0. The molecule has 0 spiro atoms. The lowest BCUT2D eigenvalue weighted by Gasteiger charge is -2.29. The molecule has 1 aliphatic carbocycles. The Morgan fingerprint density at radius 1 is 0.900 bits per heavy atom. The van der Waals surface area contributed by atoms with Gasteiger partial charge in [-0.05, 0) is 86.0 Å². The summed E-state index contributed by atoms with van der Waals surface area (Å²) in [5.74, 6) is 1.68. The molecule has 2 aromatic carbocycles. The third-order valence-electron chi connectivity index (χ3n) is 6.47. The van der Waals surface area contributed by atoms with Gasteiger partial charge in [-0.2, -0.15) is 0 Å². The topological polar surface area (TPSA) is 9.23 Å². The van der Waals surface area contributed by atoms with E-state index in [0.29, 0.717) is 6.61 Å². The first kappa shape index (κ1) is 22.6. The average Bonchev–Trinajstić information content (AvgIpc) is 2.80. The van der Waals surface area contributed by atoms with Crippen LogP contribution in [0.25, 0.3) is 11.1 Å². The lowest BCUT2D eigenvalue weighted by molar-refractivity contribution is 0.125. The van der Waals surface area contributed by atoms with Crippen molar-refractivity contribution < 1.29 is 4.74 Å². The molecule has 160 valence electrons. The van der Waals surface area contributed by atoms with Crippen LogP contribution in [-0.2, 0) is 11.3 Å². The fourth-order valence-electron chi connectivity index (χ4n) is 4.58. The van der Waals surface area contributed by atoms with Crippen LogP contribution in [0.1, 0.15) is 75.3 Å². The van der Waals surface area contributed by atoms with E-state index in [2.05, 4.69) is 73.3 Å². The van der Waals surface area contributed by atoms with Crippen molar-refractivity contribution in [1.82, 2.24) is 0 Å². The molecule has 0 aliphatic heterocycles. The molecule has 0 N–H and O–H groups in total. The first-order valence-electron chi connectivity index (χ1n) is 11.8. The highest BCUT2D eigenvalue weighted by Crippen LogP contribution is 2.38. The second kappa shape index (κ2) is 12.5. The van der Waals surface area contributed by atoms with Gasteiger partial charge in [-0.1, -0.05) is 73.2 Å². The third kappa shape index (κ3) is 6.99. The number of rotatable bonds is 11. The van der Waals surface area contributed by atoms with Gasteiger partial charge >= 0.3 is 0 Å². The molecule has 1 aliphatic rings. The number of ether oxygens (including phenoxy) is 1. The molecule has 0 aromatic heterocycles. The van der Waals surface area contributed by atoms with Gasteiger partial charge < -0.3 is 4.74 Å². The molecule has 1 saturated carbocycles. The number of hydrogen-bond donors (Lipinski definition) is 0. The summed E-state index contributed by atoms with van der Waals surface area (Å²) in [5, 5.41) is 0. The third-order valence-corrected chi connectivity index (χ3v) is 6.47. The molecule has 0 bridgehead atoms. The summed E-state index contributed by atoms with van der Waals surface area (Å²) in [7, 11) is 0. The normalized spacial score (nSPS) is 19.2. The van der Waals surface area contributed by atoms with E-state index in [9.17, 15) is 0 Å². The van der Waals surface area contributed by atoms with Gasteiger partial charge in [-0.15, -0.1) is 6.58 Å². The van der Waals surface area contributed by atoms with Gasteiger partial charge in [0.05, 0.1) is 13.2 Å². The largest absolute Gasteiger partial charge is 0.376 e. The number of hydrogen-bond acceptors (Lipinski definition) is 1. The quantitative estimate of drug-likeness (QED) is 0.270. The van der Waals surface area contributed by atoms with Crippen LogP contribution in [-0.4, -0.2) is 6.61 Å². The van der Waals surface area contributed by atoms with E-state index in [-0.39, 0.29) is 0 Å². The smallest absolute Gasteiger partial charge is 0.0717 e. The minimum atomic E-state index is 0.688. The van der Waals surface area contributed by atoms with Gasteiger partial charge in [0.15, 0.2) is 0 Å². The lowest BCUT2D eigenvalue weighted by Crippen LogP contribution is -2.13. The summed E-state index contributed by atoms with van der Waals surface area (Å²) in [6, 6.07) is 18.1. The molecule has 1 fully saturated rings. The van der Waals surface area contributed by atoms with E-state index in [1.807, 2.05) is 6.92 Å². The van der Waals surface area contributed by atoms with Gasteiger partial charge in [0.25, 0.3) is 0 Å². The van der Waals surface area contributed by atoms with Crippen molar-refractivity contribution in [3.63, 3.8) is 0 Å². The van der Waals surface area contributed by atoms with Crippen molar-refractivity contribution in [2.75, 3.05) is 6.61 Å². The SMILES string of the molecule is C=CCCC[C@H]1CC[C@H](c2ccc(-c3ccc(COCCC=CC)cc3)cc2)CC1. The van der Waals surface area contributed by atoms with E-state index < -0.39 is 0 Å². The highest BCUT2D eigenvalue weighted by Gasteiger charge is 2.21. The molecule has 3 rings (SSSR count). The Morgan fingerprint density at radius 3 is 2.20 bits per heavy atom. The van der Waals surface area contributed by atoms with E-state index in [0.717, 1.165) is 24.9 Å². The molecule has 0 atom stereocenters. The lowest BCUT2D eigenvalue weighted by atomic mass is 9.77. The maximum absolute atomic E-state index is 5.73. The first-order chi connectivity index (χ1) is 14.8. The molecule has 1 heteroatoms.